The Morgan fingerprint density at radius 3 is 2.29 bits per heavy atom. The lowest BCUT2D eigenvalue weighted by Crippen LogP contribution is -2.55. The zero-order valence-electron chi connectivity index (χ0n) is 27.8. The van der Waals surface area contributed by atoms with Gasteiger partial charge in [-0.3, -0.25) is 14.4 Å². The van der Waals surface area contributed by atoms with E-state index in [0.717, 1.165) is 28.6 Å². The Morgan fingerprint density at radius 1 is 0.958 bits per heavy atom. The van der Waals surface area contributed by atoms with Crippen molar-refractivity contribution in [2.45, 2.75) is 55.1 Å². The van der Waals surface area contributed by atoms with Crippen LogP contribution >= 0.6 is 11.8 Å². The highest BCUT2D eigenvalue weighted by atomic mass is 32.2. The second kappa shape index (κ2) is 13.8. The van der Waals surface area contributed by atoms with Gasteiger partial charge >= 0.3 is 0 Å². The predicted octanol–water partition coefficient (Wildman–Crippen LogP) is 6.23. The number of likely N-dealkylation sites (tertiary alicyclic amines) is 1. The molecule has 5 atom stereocenters. The summed E-state index contributed by atoms with van der Waals surface area (Å²) in [7, 11) is 0. The largest absolute Gasteiger partial charge is 0.494 e. The summed E-state index contributed by atoms with van der Waals surface area (Å²) in [4.78, 5) is 49.7. The van der Waals surface area contributed by atoms with Crippen molar-refractivity contribution in [1.82, 2.24) is 4.90 Å². The van der Waals surface area contributed by atoms with E-state index in [1.807, 2.05) is 73.7 Å². The second-order valence-corrected chi connectivity index (χ2v) is 15.0. The Hall–Kier alpha value is -4.08. The number of carbonyl (C=O) groups is 3. The molecule has 9 heteroatoms. The number of carbonyl (C=O) groups excluding carboxylic acids is 3. The van der Waals surface area contributed by atoms with Crippen LogP contribution in [-0.4, -0.2) is 76.1 Å². The minimum absolute atomic E-state index is 0.00141. The van der Waals surface area contributed by atoms with Crippen molar-refractivity contribution in [3.63, 3.8) is 0 Å². The number of anilines is 2. The lowest BCUT2D eigenvalue weighted by molar-refractivity contribution is -0.139. The zero-order valence-corrected chi connectivity index (χ0v) is 28.7. The summed E-state index contributed by atoms with van der Waals surface area (Å²) in [5.74, 6) is -1.01. The van der Waals surface area contributed by atoms with E-state index in [-0.39, 0.29) is 37.4 Å². The Bertz CT molecular complexity index is 1710. The molecule has 1 spiro atoms. The molecule has 8 nitrogen and oxygen atoms in total. The van der Waals surface area contributed by atoms with Crippen LogP contribution in [0.25, 0.3) is 10.8 Å². The van der Waals surface area contributed by atoms with Crippen molar-refractivity contribution >= 4 is 51.6 Å². The number of thioether (sulfide) groups is 1. The van der Waals surface area contributed by atoms with E-state index in [1.54, 1.807) is 38.6 Å². The molecule has 252 valence electrons. The zero-order chi connectivity index (χ0) is 34.1. The molecule has 3 aliphatic rings. The molecule has 1 N–H and O–H groups in total. The van der Waals surface area contributed by atoms with E-state index in [9.17, 15) is 14.7 Å². The lowest BCUT2D eigenvalue weighted by Gasteiger charge is -2.38. The van der Waals surface area contributed by atoms with Gasteiger partial charge in [-0.05, 0) is 86.7 Å². The number of hydrogen-bond acceptors (Lipinski definition) is 6. The summed E-state index contributed by atoms with van der Waals surface area (Å²) in [5, 5.41) is 11.7. The van der Waals surface area contributed by atoms with Gasteiger partial charge < -0.3 is 24.5 Å². The molecule has 3 aliphatic heterocycles. The van der Waals surface area contributed by atoms with Gasteiger partial charge in [0.2, 0.25) is 11.8 Å². The number of rotatable bonds is 14. The number of unbranched alkanes of at least 4 members (excludes halogenated alkanes) is 1. The van der Waals surface area contributed by atoms with Gasteiger partial charge in [0.05, 0.1) is 23.2 Å². The number of amides is 3. The maximum atomic E-state index is 15.0. The number of hydrogen-bond donors (Lipinski definition) is 1. The molecule has 0 radical (unpaired) electrons. The van der Waals surface area contributed by atoms with Crippen molar-refractivity contribution in [2.75, 3.05) is 42.6 Å². The van der Waals surface area contributed by atoms with Crippen LogP contribution in [0.2, 0.25) is 0 Å². The van der Waals surface area contributed by atoms with Gasteiger partial charge in [0.25, 0.3) is 5.91 Å². The topological polar surface area (TPSA) is 90.4 Å². The Balaban J connectivity index is 1.40. The molecule has 3 aromatic rings. The molecule has 3 heterocycles. The third-order valence-electron chi connectivity index (χ3n) is 10.2. The number of benzene rings is 3. The molecule has 0 saturated carbocycles. The summed E-state index contributed by atoms with van der Waals surface area (Å²) in [6.07, 6.45) is 5.86. The van der Waals surface area contributed by atoms with Crippen molar-refractivity contribution in [3.05, 3.63) is 92.0 Å². The van der Waals surface area contributed by atoms with Crippen molar-refractivity contribution in [2.24, 2.45) is 11.8 Å². The third kappa shape index (κ3) is 5.71. The molecule has 3 saturated heterocycles. The number of aliphatic hydroxyl groups excluding tert-OH is 1. The molecule has 2 unspecified atom stereocenters. The fourth-order valence-corrected chi connectivity index (χ4v) is 10.5. The standard InChI is InChI=1S/C39H45N3O5S/c1-5-22-40(29-16-18-31(19-17-29)47-7-3)35(44)32-33-36(45)42(24-10-11-25-43)34(39(33)21-20-38(32,4)48-39)37(46)41(23-6-2)30-15-14-27-12-8-9-13-28(27)26-30/h5-6,8-9,12-19,26,32-34,43H,1-2,7,10-11,20-25H2,3-4H3/t32-,33-,34?,38+,39?/m0/s1. The summed E-state index contributed by atoms with van der Waals surface area (Å²) in [6, 6.07) is 20.7. The minimum atomic E-state index is -0.766. The van der Waals surface area contributed by atoms with Crippen LogP contribution in [0.15, 0.2) is 92.0 Å². The molecule has 3 amide bonds. The molecular formula is C39H45N3O5S. The molecule has 3 fully saturated rings. The molecule has 2 bridgehead atoms. The predicted molar refractivity (Wildman–Crippen MR) is 193 cm³/mol. The first-order valence-electron chi connectivity index (χ1n) is 16.9. The van der Waals surface area contributed by atoms with E-state index < -0.39 is 27.4 Å². The first-order chi connectivity index (χ1) is 23.2. The first kappa shape index (κ1) is 33.8. The van der Waals surface area contributed by atoms with E-state index in [2.05, 4.69) is 20.1 Å². The van der Waals surface area contributed by atoms with Crippen molar-refractivity contribution < 1.29 is 24.2 Å². The Labute approximate surface area is 287 Å². The van der Waals surface area contributed by atoms with Crippen LogP contribution in [0.1, 0.15) is 39.5 Å². The number of fused-ring (bicyclic) bond motifs is 2. The summed E-state index contributed by atoms with van der Waals surface area (Å²) in [5.41, 5.74) is 1.45. The van der Waals surface area contributed by atoms with Crippen LogP contribution in [0.4, 0.5) is 11.4 Å². The highest BCUT2D eigenvalue weighted by Crippen LogP contribution is 2.71. The van der Waals surface area contributed by atoms with Gasteiger partial charge in [-0.1, -0.05) is 42.5 Å². The van der Waals surface area contributed by atoms with Gasteiger partial charge in [0.1, 0.15) is 11.8 Å². The van der Waals surface area contributed by atoms with Gasteiger partial charge in [-0.15, -0.1) is 24.9 Å². The molecular weight excluding hydrogens is 623 g/mol. The van der Waals surface area contributed by atoms with Crippen molar-refractivity contribution in [1.29, 1.82) is 0 Å². The van der Waals surface area contributed by atoms with Crippen LogP contribution in [0.3, 0.4) is 0 Å². The summed E-state index contributed by atoms with van der Waals surface area (Å²) >= 11 is 1.67. The smallest absolute Gasteiger partial charge is 0.251 e. The Kier molecular flexibility index (Phi) is 9.72. The highest BCUT2D eigenvalue weighted by Gasteiger charge is 2.77. The van der Waals surface area contributed by atoms with E-state index in [1.165, 1.54) is 0 Å². The van der Waals surface area contributed by atoms with E-state index >= 15 is 4.79 Å². The second-order valence-electron chi connectivity index (χ2n) is 13.1. The molecule has 0 aromatic heterocycles. The Morgan fingerprint density at radius 2 is 1.62 bits per heavy atom. The van der Waals surface area contributed by atoms with Crippen LogP contribution < -0.4 is 14.5 Å². The van der Waals surface area contributed by atoms with Crippen LogP contribution in [0.5, 0.6) is 5.75 Å². The van der Waals surface area contributed by atoms with Gasteiger partial charge in [0.15, 0.2) is 0 Å². The maximum absolute atomic E-state index is 15.0. The van der Waals surface area contributed by atoms with Crippen LogP contribution in [-0.2, 0) is 14.4 Å². The quantitative estimate of drug-likeness (QED) is 0.162. The number of ether oxygens (including phenoxy) is 1. The third-order valence-corrected chi connectivity index (χ3v) is 12.2. The van der Waals surface area contributed by atoms with Crippen LogP contribution in [0, 0.1) is 11.8 Å². The summed E-state index contributed by atoms with van der Waals surface area (Å²) < 4.78 is 4.34. The SMILES string of the molecule is C=CCN(C(=O)C1N(CCCCO)C(=O)[C@@H]2[C@@H](C(=O)N(CC=C)c3ccc(OCC)cc3)[C@@]3(C)CCC12S3)c1ccc2ccccc2c1. The fraction of sp³-hybridized carbons (Fsp3) is 0.410. The monoisotopic (exact) mass is 667 g/mol. The molecule has 3 aromatic carbocycles. The molecule has 0 aliphatic carbocycles. The number of aliphatic hydroxyl groups is 1. The highest BCUT2D eigenvalue weighted by molar-refractivity contribution is 8.02. The average Bonchev–Trinajstić information content (AvgIpc) is 3.66. The van der Waals surface area contributed by atoms with Crippen molar-refractivity contribution in [3.8, 4) is 5.75 Å². The molecule has 6 rings (SSSR count). The van der Waals surface area contributed by atoms with Gasteiger partial charge in [-0.25, -0.2) is 0 Å². The van der Waals surface area contributed by atoms with E-state index in [4.69, 9.17) is 4.74 Å². The van der Waals surface area contributed by atoms with Gasteiger partial charge in [-0.2, -0.15) is 0 Å². The minimum Gasteiger partial charge on any atom is -0.494 e. The number of nitrogens with zero attached hydrogens (tertiary/aromatic N) is 3. The summed E-state index contributed by atoms with van der Waals surface area (Å²) in [6.45, 7) is 13.3. The normalized spacial score (nSPS) is 25.6. The fourth-order valence-electron chi connectivity index (χ4n) is 8.17. The average molecular weight is 668 g/mol. The first-order valence-corrected chi connectivity index (χ1v) is 17.7. The lowest BCUT2D eigenvalue weighted by atomic mass is 9.66. The maximum Gasteiger partial charge on any atom is 0.251 e. The van der Waals surface area contributed by atoms with Gasteiger partial charge in [0, 0.05) is 42.4 Å². The van der Waals surface area contributed by atoms with E-state index in [0.29, 0.717) is 38.1 Å². The molecule has 48 heavy (non-hydrogen) atoms.